The van der Waals surface area contributed by atoms with Gasteiger partial charge in [-0.05, 0) is 40.8 Å². The molecular formula is C11H15BrClNO3S2. The molecule has 0 aromatic carbocycles. The van der Waals surface area contributed by atoms with Crippen LogP contribution in [0.3, 0.4) is 0 Å². The largest absolute Gasteiger partial charge is 0.393 e. The van der Waals surface area contributed by atoms with Gasteiger partial charge in [0, 0.05) is 13.1 Å². The van der Waals surface area contributed by atoms with Crippen LogP contribution in [0.2, 0.25) is 5.02 Å². The lowest BCUT2D eigenvalue weighted by Gasteiger charge is -2.34. The zero-order chi connectivity index (χ0) is 14.2. The molecule has 1 aromatic heterocycles. The summed E-state index contributed by atoms with van der Waals surface area (Å²) in [6.07, 6.45) is 0.843. The van der Waals surface area contributed by atoms with Crippen molar-refractivity contribution in [2.75, 3.05) is 13.1 Å². The van der Waals surface area contributed by atoms with E-state index in [4.69, 9.17) is 11.6 Å². The van der Waals surface area contributed by atoms with Gasteiger partial charge in [-0.1, -0.05) is 18.5 Å². The number of rotatable bonds is 3. The standard InChI is InChI=1S/C11H15BrClNO3S2/c1-2-7-6-14(4-3-9(7)15)19(16,17)10-5-8(13)11(12)18-10/h5,7,9,15H,2-4,6H2,1H3. The Kier molecular flexibility index (Phi) is 4.96. The van der Waals surface area contributed by atoms with Crippen LogP contribution < -0.4 is 0 Å². The van der Waals surface area contributed by atoms with E-state index in [0.717, 1.165) is 17.8 Å². The maximum atomic E-state index is 12.5. The molecule has 1 fully saturated rings. The zero-order valence-corrected chi connectivity index (χ0v) is 14.3. The SMILES string of the molecule is CCC1CN(S(=O)(=O)c2cc(Cl)c(Br)s2)CCC1O. The molecule has 0 saturated carbocycles. The molecule has 2 rings (SSSR count). The van der Waals surface area contributed by atoms with Gasteiger partial charge in [0.15, 0.2) is 0 Å². The average Bonchev–Trinajstić information content (AvgIpc) is 2.70. The molecule has 0 aliphatic carbocycles. The molecule has 1 N–H and O–H groups in total. The highest BCUT2D eigenvalue weighted by atomic mass is 79.9. The lowest BCUT2D eigenvalue weighted by Crippen LogP contribution is -2.45. The molecule has 0 amide bonds. The number of aliphatic hydroxyl groups is 1. The summed E-state index contributed by atoms with van der Waals surface area (Å²) < 4.78 is 27.3. The highest BCUT2D eigenvalue weighted by molar-refractivity contribution is 9.11. The predicted octanol–water partition coefficient (Wildman–Crippen LogP) is 2.95. The van der Waals surface area contributed by atoms with E-state index in [0.29, 0.717) is 28.3 Å². The first-order valence-electron chi connectivity index (χ1n) is 5.99. The summed E-state index contributed by atoms with van der Waals surface area (Å²) >= 11 is 10.2. The van der Waals surface area contributed by atoms with Crippen molar-refractivity contribution in [2.45, 2.75) is 30.1 Å². The van der Waals surface area contributed by atoms with Crippen LogP contribution in [0.1, 0.15) is 19.8 Å². The molecule has 1 saturated heterocycles. The Morgan fingerprint density at radius 2 is 2.32 bits per heavy atom. The fourth-order valence-corrected chi connectivity index (χ4v) is 6.25. The summed E-state index contributed by atoms with van der Waals surface area (Å²) in [5.74, 6) is 0.00222. The Hall–Kier alpha value is 0.340. The Morgan fingerprint density at radius 3 is 2.84 bits per heavy atom. The number of halogens is 2. The minimum absolute atomic E-state index is 0.00222. The van der Waals surface area contributed by atoms with Crippen LogP contribution in [0, 0.1) is 5.92 Å². The Morgan fingerprint density at radius 1 is 1.63 bits per heavy atom. The summed E-state index contributed by atoms with van der Waals surface area (Å²) in [5, 5.41) is 10.2. The number of piperidine rings is 1. The van der Waals surface area contributed by atoms with E-state index in [1.54, 1.807) is 0 Å². The third-order valence-corrected chi connectivity index (χ3v) is 8.19. The first-order valence-corrected chi connectivity index (χ1v) is 9.42. The summed E-state index contributed by atoms with van der Waals surface area (Å²) in [4.78, 5) is 0. The van der Waals surface area contributed by atoms with Gasteiger partial charge in [0.2, 0.25) is 0 Å². The molecule has 1 aromatic rings. The molecule has 2 heterocycles. The topological polar surface area (TPSA) is 57.6 Å². The predicted molar refractivity (Wildman–Crippen MR) is 80.2 cm³/mol. The molecular weight excluding hydrogens is 374 g/mol. The van der Waals surface area contributed by atoms with Crippen molar-refractivity contribution in [3.63, 3.8) is 0 Å². The van der Waals surface area contributed by atoms with Gasteiger partial charge in [-0.2, -0.15) is 4.31 Å². The van der Waals surface area contributed by atoms with Crippen molar-refractivity contribution < 1.29 is 13.5 Å². The molecule has 108 valence electrons. The van der Waals surface area contributed by atoms with E-state index in [1.807, 2.05) is 6.92 Å². The molecule has 19 heavy (non-hydrogen) atoms. The maximum absolute atomic E-state index is 12.5. The third kappa shape index (κ3) is 3.16. The maximum Gasteiger partial charge on any atom is 0.252 e. The second-order valence-corrected chi connectivity index (χ2v) is 9.52. The average molecular weight is 389 g/mol. The van der Waals surface area contributed by atoms with Crippen molar-refractivity contribution in [2.24, 2.45) is 5.92 Å². The first kappa shape index (κ1) is 15.7. The van der Waals surface area contributed by atoms with Gasteiger partial charge in [-0.15, -0.1) is 11.3 Å². The number of aliphatic hydroxyl groups excluding tert-OH is 1. The van der Waals surface area contributed by atoms with Gasteiger partial charge in [0.05, 0.1) is 14.9 Å². The molecule has 0 bridgehead atoms. The van der Waals surface area contributed by atoms with E-state index in [9.17, 15) is 13.5 Å². The number of hydrogen-bond acceptors (Lipinski definition) is 4. The lowest BCUT2D eigenvalue weighted by atomic mass is 9.94. The number of nitrogens with zero attached hydrogens (tertiary/aromatic N) is 1. The molecule has 2 unspecified atom stereocenters. The first-order chi connectivity index (χ1) is 8.86. The van der Waals surface area contributed by atoms with Crippen LogP contribution in [-0.4, -0.2) is 37.0 Å². The van der Waals surface area contributed by atoms with Crippen LogP contribution in [0.25, 0.3) is 0 Å². The van der Waals surface area contributed by atoms with Crippen molar-refractivity contribution >= 4 is 48.9 Å². The minimum Gasteiger partial charge on any atom is -0.393 e. The summed E-state index contributed by atoms with van der Waals surface area (Å²) in [5.41, 5.74) is 0. The van der Waals surface area contributed by atoms with Gasteiger partial charge in [0.25, 0.3) is 10.0 Å². The Labute approximate surface area is 130 Å². The zero-order valence-electron chi connectivity index (χ0n) is 10.3. The normalized spacial score (nSPS) is 25.7. The van der Waals surface area contributed by atoms with Crippen molar-refractivity contribution in [3.05, 3.63) is 14.9 Å². The summed E-state index contributed by atoms with van der Waals surface area (Å²) in [6.45, 7) is 2.68. The van der Waals surface area contributed by atoms with Crippen LogP contribution >= 0.6 is 38.9 Å². The van der Waals surface area contributed by atoms with Crippen molar-refractivity contribution in [1.29, 1.82) is 0 Å². The van der Waals surface area contributed by atoms with Gasteiger partial charge in [-0.25, -0.2) is 8.42 Å². The molecule has 0 spiro atoms. The van der Waals surface area contributed by atoms with Gasteiger partial charge in [0.1, 0.15) is 4.21 Å². The van der Waals surface area contributed by atoms with Gasteiger partial charge >= 0.3 is 0 Å². The monoisotopic (exact) mass is 387 g/mol. The molecule has 0 radical (unpaired) electrons. The van der Waals surface area contributed by atoms with Crippen LogP contribution in [0.4, 0.5) is 0 Å². The highest BCUT2D eigenvalue weighted by Crippen LogP contribution is 2.37. The fraction of sp³-hybridized carbons (Fsp3) is 0.636. The van der Waals surface area contributed by atoms with E-state index in [2.05, 4.69) is 15.9 Å². The van der Waals surface area contributed by atoms with E-state index in [1.165, 1.54) is 10.4 Å². The number of sulfonamides is 1. The molecule has 8 heteroatoms. The fourth-order valence-electron chi connectivity index (χ4n) is 2.19. The van der Waals surface area contributed by atoms with Crippen LogP contribution in [-0.2, 0) is 10.0 Å². The van der Waals surface area contributed by atoms with E-state index < -0.39 is 16.1 Å². The molecule has 2 atom stereocenters. The Bertz CT molecular complexity index is 541. The second-order valence-electron chi connectivity index (χ2n) is 4.57. The quantitative estimate of drug-likeness (QED) is 0.866. The molecule has 1 aliphatic rings. The van der Waals surface area contributed by atoms with E-state index in [-0.39, 0.29) is 10.1 Å². The second kappa shape index (κ2) is 5.99. The van der Waals surface area contributed by atoms with Gasteiger partial charge < -0.3 is 5.11 Å². The van der Waals surface area contributed by atoms with Crippen molar-refractivity contribution in [3.8, 4) is 0 Å². The third-order valence-electron chi connectivity index (χ3n) is 3.40. The molecule has 4 nitrogen and oxygen atoms in total. The summed E-state index contributed by atoms with van der Waals surface area (Å²) in [7, 11) is -3.50. The molecule has 1 aliphatic heterocycles. The Balaban J connectivity index is 2.25. The van der Waals surface area contributed by atoms with Crippen LogP contribution in [0.15, 0.2) is 14.1 Å². The minimum atomic E-state index is -3.50. The highest BCUT2D eigenvalue weighted by Gasteiger charge is 2.35. The van der Waals surface area contributed by atoms with Crippen molar-refractivity contribution in [1.82, 2.24) is 4.31 Å². The smallest absolute Gasteiger partial charge is 0.252 e. The van der Waals surface area contributed by atoms with Gasteiger partial charge in [-0.3, -0.25) is 0 Å². The van der Waals surface area contributed by atoms with E-state index >= 15 is 0 Å². The summed E-state index contributed by atoms with van der Waals surface area (Å²) in [6, 6.07) is 1.47. The van der Waals surface area contributed by atoms with Crippen LogP contribution in [0.5, 0.6) is 0 Å². The number of thiophene rings is 1. The lowest BCUT2D eigenvalue weighted by molar-refractivity contribution is 0.0521. The number of hydrogen-bond donors (Lipinski definition) is 1.